The van der Waals surface area contributed by atoms with Crippen molar-refractivity contribution in [2.45, 2.75) is 84.2 Å². The Labute approximate surface area is 170 Å². The molecule has 0 aromatic carbocycles. The van der Waals surface area contributed by atoms with Crippen molar-refractivity contribution >= 4 is 13.8 Å². The molecule has 0 amide bonds. The van der Waals surface area contributed by atoms with Crippen LogP contribution in [0.2, 0.25) is 0 Å². The Morgan fingerprint density at radius 1 is 0.929 bits per heavy atom. The van der Waals surface area contributed by atoms with Crippen LogP contribution in [0.4, 0.5) is 0 Å². The first-order chi connectivity index (χ1) is 13.4. The molecule has 0 rings (SSSR count). The number of carbonyl (C=O) groups is 1. The summed E-state index contributed by atoms with van der Waals surface area (Å²) < 4.78 is 32.2. The van der Waals surface area contributed by atoms with E-state index in [1.54, 1.807) is 0 Å². The van der Waals surface area contributed by atoms with Crippen LogP contribution in [0.5, 0.6) is 0 Å². The third kappa shape index (κ3) is 17.6. The minimum atomic E-state index is -4.22. The van der Waals surface area contributed by atoms with Crippen molar-refractivity contribution in [3.05, 3.63) is 0 Å². The maximum Gasteiger partial charge on any atom is 0.472 e. The zero-order valence-electron chi connectivity index (χ0n) is 17.6. The molecule has 0 fully saturated rings. The molecule has 28 heavy (non-hydrogen) atoms. The first-order valence-electron chi connectivity index (χ1n) is 10.5. The largest absolute Gasteiger partial charge is 0.472 e. The van der Waals surface area contributed by atoms with Crippen molar-refractivity contribution in [3.8, 4) is 0 Å². The quantitative estimate of drug-likeness (QED) is 0.171. The minimum Gasteiger partial charge on any atom is -0.457 e. The fourth-order valence-electron chi connectivity index (χ4n) is 2.44. The summed E-state index contributed by atoms with van der Waals surface area (Å²) in [6.07, 6.45) is 9.41. The second kappa shape index (κ2) is 18.5. The van der Waals surface area contributed by atoms with Crippen LogP contribution in [0.1, 0.15) is 78.1 Å². The van der Waals surface area contributed by atoms with Crippen molar-refractivity contribution in [3.63, 3.8) is 0 Å². The van der Waals surface area contributed by atoms with Gasteiger partial charge >= 0.3 is 13.8 Å². The Kier molecular flexibility index (Phi) is 18.2. The Balaban J connectivity index is 4.19. The smallest absolute Gasteiger partial charge is 0.457 e. The molecular weight excluding hydrogens is 385 g/mol. The van der Waals surface area contributed by atoms with Gasteiger partial charge in [0.25, 0.3) is 0 Å². The Morgan fingerprint density at radius 2 is 1.57 bits per heavy atom. The third-order valence-corrected chi connectivity index (χ3v) is 5.01. The average Bonchev–Trinajstić information content (AvgIpc) is 2.67. The van der Waals surface area contributed by atoms with E-state index in [4.69, 9.17) is 19.7 Å². The maximum atomic E-state index is 11.9. The molecule has 0 aliphatic carbocycles. The number of nitrogens with two attached hydrogens (primary N) is 1. The molecule has 0 heterocycles. The Bertz CT molecular complexity index is 423. The summed E-state index contributed by atoms with van der Waals surface area (Å²) in [4.78, 5) is 21.4. The van der Waals surface area contributed by atoms with Crippen LogP contribution in [0.25, 0.3) is 0 Å². The summed E-state index contributed by atoms with van der Waals surface area (Å²) in [7, 11) is -4.22. The van der Waals surface area contributed by atoms with Gasteiger partial charge in [0.15, 0.2) is 0 Å². The van der Waals surface area contributed by atoms with Crippen molar-refractivity contribution in [2.75, 3.05) is 33.0 Å². The topological polar surface area (TPSA) is 117 Å². The van der Waals surface area contributed by atoms with Gasteiger partial charge in [0.1, 0.15) is 6.10 Å². The number of carbonyl (C=O) groups excluding carboxylic acids is 1. The summed E-state index contributed by atoms with van der Waals surface area (Å²) in [6, 6.07) is 0. The van der Waals surface area contributed by atoms with Gasteiger partial charge < -0.3 is 20.1 Å². The van der Waals surface area contributed by atoms with E-state index in [0.29, 0.717) is 13.0 Å². The lowest BCUT2D eigenvalue weighted by Crippen LogP contribution is -2.28. The van der Waals surface area contributed by atoms with E-state index in [0.717, 1.165) is 25.7 Å². The predicted molar refractivity (Wildman–Crippen MR) is 109 cm³/mol. The van der Waals surface area contributed by atoms with Crippen molar-refractivity contribution in [1.29, 1.82) is 0 Å². The Hall–Kier alpha value is -0.500. The maximum absolute atomic E-state index is 11.9. The number of phosphoric acid groups is 1. The molecule has 8 nitrogen and oxygen atoms in total. The highest BCUT2D eigenvalue weighted by molar-refractivity contribution is 7.47. The molecule has 0 radical (unpaired) electrons. The average molecular weight is 426 g/mol. The highest BCUT2D eigenvalue weighted by Crippen LogP contribution is 2.43. The zero-order valence-corrected chi connectivity index (χ0v) is 18.5. The van der Waals surface area contributed by atoms with Gasteiger partial charge in [0.05, 0.1) is 19.8 Å². The standard InChI is InChI=1S/C19H40NO7P/c1-3-5-7-8-9-10-11-14-24-16-18(27-19(21)12-6-4-2)17-26-28(22,23)25-15-13-20/h18H,3-17,20H2,1-2H3,(H,22,23). The first kappa shape index (κ1) is 27.5. The predicted octanol–water partition coefficient (Wildman–Crippen LogP) is 3.95. The molecule has 0 aromatic heterocycles. The van der Waals surface area contributed by atoms with Crippen LogP contribution in [-0.4, -0.2) is 49.9 Å². The molecule has 0 bridgehead atoms. The summed E-state index contributed by atoms with van der Waals surface area (Å²) >= 11 is 0. The molecule has 2 atom stereocenters. The molecule has 0 saturated heterocycles. The molecule has 0 aliphatic heterocycles. The van der Waals surface area contributed by atoms with Gasteiger partial charge in [-0.15, -0.1) is 0 Å². The van der Waals surface area contributed by atoms with E-state index < -0.39 is 13.9 Å². The van der Waals surface area contributed by atoms with Crippen LogP contribution < -0.4 is 5.73 Å². The molecule has 0 saturated carbocycles. The number of rotatable bonds is 20. The van der Waals surface area contributed by atoms with E-state index in [1.807, 2.05) is 6.92 Å². The second-order valence-corrected chi connectivity index (χ2v) is 8.25. The van der Waals surface area contributed by atoms with Gasteiger partial charge in [-0.3, -0.25) is 13.8 Å². The molecule has 9 heteroatoms. The molecule has 168 valence electrons. The molecule has 2 unspecified atom stereocenters. The second-order valence-electron chi connectivity index (χ2n) is 6.80. The van der Waals surface area contributed by atoms with Crippen molar-refractivity contribution < 1.29 is 32.8 Å². The van der Waals surface area contributed by atoms with E-state index in [2.05, 4.69) is 11.4 Å². The molecular formula is C19H40NO7P. The lowest BCUT2D eigenvalue weighted by atomic mass is 10.1. The van der Waals surface area contributed by atoms with Gasteiger partial charge in [-0.05, 0) is 12.8 Å². The molecule has 0 spiro atoms. The van der Waals surface area contributed by atoms with Crippen LogP contribution in [0.3, 0.4) is 0 Å². The summed E-state index contributed by atoms with van der Waals surface area (Å²) in [6.45, 7) is 4.59. The summed E-state index contributed by atoms with van der Waals surface area (Å²) in [5.74, 6) is -0.370. The fourth-order valence-corrected chi connectivity index (χ4v) is 3.21. The van der Waals surface area contributed by atoms with Crippen molar-refractivity contribution in [1.82, 2.24) is 0 Å². The summed E-state index contributed by atoms with van der Waals surface area (Å²) in [5.41, 5.74) is 5.24. The van der Waals surface area contributed by atoms with Crippen LogP contribution in [0, 0.1) is 0 Å². The zero-order chi connectivity index (χ0) is 21.1. The lowest BCUT2D eigenvalue weighted by Gasteiger charge is -2.20. The normalized spacial score (nSPS) is 14.6. The van der Waals surface area contributed by atoms with Crippen LogP contribution in [0.15, 0.2) is 0 Å². The first-order valence-corrected chi connectivity index (χ1v) is 12.0. The number of esters is 1. The lowest BCUT2D eigenvalue weighted by molar-refractivity contribution is -0.154. The van der Waals surface area contributed by atoms with Crippen molar-refractivity contribution in [2.24, 2.45) is 5.73 Å². The number of phosphoric ester groups is 1. The number of hydrogen-bond donors (Lipinski definition) is 2. The van der Waals surface area contributed by atoms with Crippen LogP contribution in [-0.2, 0) is 27.9 Å². The number of unbranched alkanes of at least 4 members (excludes halogenated alkanes) is 7. The van der Waals surface area contributed by atoms with Gasteiger partial charge in [0, 0.05) is 19.6 Å². The summed E-state index contributed by atoms with van der Waals surface area (Å²) in [5, 5.41) is 0. The van der Waals surface area contributed by atoms with Gasteiger partial charge in [-0.2, -0.15) is 0 Å². The number of hydrogen-bond acceptors (Lipinski definition) is 7. The van der Waals surface area contributed by atoms with E-state index in [1.165, 1.54) is 32.1 Å². The SMILES string of the molecule is CCCCCCCCCOCC(COP(=O)(O)OCCN)OC(=O)CCCC. The monoisotopic (exact) mass is 425 g/mol. The van der Waals surface area contributed by atoms with Gasteiger partial charge in [-0.25, -0.2) is 4.57 Å². The minimum absolute atomic E-state index is 0.0938. The van der Waals surface area contributed by atoms with Gasteiger partial charge in [0.2, 0.25) is 0 Å². The van der Waals surface area contributed by atoms with E-state index in [-0.39, 0.29) is 32.3 Å². The highest BCUT2D eigenvalue weighted by atomic mass is 31.2. The van der Waals surface area contributed by atoms with E-state index in [9.17, 15) is 14.3 Å². The molecule has 3 N–H and O–H groups in total. The molecule has 0 aliphatic rings. The third-order valence-electron chi connectivity index (χ3n) is 4.02. The van der Waals surface area contributed by atoms with Crippen LogP contribution >= 0.6 is 7.82 Å². The number of ether oxygens (including phenoxy) is 2. The highest BCUT2D eigenvalue weighted by Gasteiger charge is 2.25. The van der Waals surface area contributed by atoms with Gasteiger partial charge in [-0.1, -0.05) is 58.8 Å². The van der Waals surface area contributed by atoms with E-state index >= 15 is 0 Å². The fraction of sp³-hybridized carbons (Fsp3) is 0.947. The molecule has 0 aromatic rings. The Morgan fingerprint density at radius 3 is 2.21 bits per heavy atom.